The molecule has 2 heterocycles. The molecule has 0 fully saturated rings. The van der Waals surface area contributed by atoms with Gasteiger partial charge in [0.1, 0.15) is 5.69 Å². The van der Waals surface area contributed by atoms with Gasteiger partial charge in [0.15, 0.2) is 5.82 Å². The van der Waals surface area contributed by atoms with Crippen LogP contribution >= 0.6 is 12.2 Å². The van der Waals surface area contributed by atoms with Crippen LogP contribution in [0.2, 0.25) is 0 Å². The van der Waals surface area contributed by atoms with Crippen molar-refractivity contribution in [2.24, 2.45) is 7.05 Å². The Morgan fingerprint density at radius 2 is 2.21 bits per heavy atom. The van der Waals surface area contributed by atoms with E-state index in [1.54, 1.807) is 17.9 Å². The maximum atomic E-state index is 5.72. The maximum Gasteiger partial charge on any atom is 0.216 e. The van der Waals surface area contributed by atoms with Gasteiger partial charge in [0.25, 0.3) is 0 Å². The smallest absolute Gasteiger partial charge is 0.216 e. The first-order valence-electron chi connectivity index (χ1n) is 4.02. The summed E-state index contributed by atoms with van der Waals surface area (Å²) in [5, 5.41) is 4.17. The van der Waals surface area contributed by atoms with Crippen LogP contribution in [0.4, 0.5) is 0 Å². The van der Waals surface area contributed by atoms with E-state index in [9.17, 15) is 0 Å². The molecule has 0 aliphatic rings. The standard InChI is InChI=1S/C8H9N5S/c1-12-8(14)13(9)7(11-12)6-4-2-3-5-10-6/h2-5H,9H2,1H3. The molecule has 2 aromatic heterocycles. The Kier molecular flexibility index (Phi) is 2.05. The largest absolute Gasteiger partial charge is 0.335 e. The quantitative estimate of drug-likeness (QED) is 0.553. The van der Waals surface area contributed by atoms with E-state index < -0.39 is 0 Å². The van der Waals surface area contributed by atoms with Gasteiger partial charge in [-0.2, -0.15) is 0 Å². The highest BCUT2D eigenvalue weighted by Gasteiger charge is 2.08. The number of pyridine rings is 1. The fraction of sp³-hybridized carbons (Fsp3) is 0.125. The fourth-order valence-corrected chi connectivity index (χ4v) is 1.28. The van der Waals surface area contributed by atoms with E-state index in [1.807, 2.05) is 18.2 Å². The Hall–Kier alpha value is -1.69. The number of nitrogen functional groups attached to an aromatic ring is 1. The molecule has 14 heavy (non-hydrogen) atoms. The van der Waals surface area contributed by atoms with Gasteiger partial charge in [-0.25, -0.2) is 9.36 Å². The molecule has 0 saturated heterocycles. The van der Waals surface area contributed by atoms with E-state index in [1.165, 1.54) is 4.68 Å². The maximum absolute atomic E-state index is 5.72. The van der Waals surface area contributed by atoms with Crippen LogP contribution in [0.3, 0.4) is 0 Å². The fourth-order valence-electron chi connectivity index (χ4n) is 1.15. The molecule has 0 bridgehead atoms. The van der Waals surface area contributed by atoms with Crippen molar-refractivity contribution in [2.75, 3.05) is 5.84 Å². The number of aromatic nitrogens is 4. The molecule has 0 spiro atoms. The molecule has 2 N–H and O–H groups in total. The van der Waals surface area contributed by atoms with E-state index in [2.05, 4.69) is 10.1 Å². The van der Waals surface area contributed by atoms with Crippen molar-refractivity contribution >= 4 is 12.2 Å². The summed E-state index contributed by atoms with van der Waals surface area (Å²) in [5.74, 6) is 6.29. The average Bonchev–Trinajstić information content (AvgIpc) is 2.47. The molecule has 5 nitrogen and oxygen atoms in total. The Bertz CT molecular complexity index is 498. The first-order valence-corrected chi connectivity index (χ1v) is 4.43. The molecule has 0 aliphatic carbocycles. The minimum absolute atomic E-state index is 0.464. The third kappa shape index (κ3) is 1.29. The van der Waals surface area contributed by atoms with E-state index in [0.717, 1.165) is 0 Å². The van der Waals surface area contributed by atoms with Gasteiger partial charge in [-0.05, 0) is 24.4 Å². The van der Waals surface area contributed by atoms with Crippen molar-refractivity contribution < 1.29 is 0 Å². The minimum atomic E-state index is 0.464. The summed E-state index contributed by atoms with van der Waals surface area (Å²) < 4.78 is 3.35. The monoisotopic (exact) mass is 207 g/mol. The first kappa shape index (κ1) is 8.89. The highest BCUT2D eigenvalue weighted by molar-refractivity contribution is 7.71. The van der Waals surface area contributed by atoms with Crippen molar-refractivity contribution in [1.82, 2.24) is 19.4 Å². The summed E-state index contributed by atoms with van der Waals surface area (Å²) >= 11 is 5.03. The van der Waals surface area contributed by atoms with Crippen molar-refractivity contribution in [3.8, 4) is 11.5 Å². The number of nitrogens with two attached hydrogens (primary N) is 1. The lowest BCUT2D eigenvalue weighted by Crippen LogP contribution is -2.10. The molecule has 0 saturated carbocycles. The number of rotatable bonds is 1. The van der Waals surface area contributed by atoms with Gasteiger partial charge in [-0.3, -0.25) is 4.98 Å². The zero-order chi connectivity index (χ0) is 10.1. The second kappa shape index (κ2) is 3.22. The van der Waals surface area contributed by atoms with Crippen LogP contribution in [0.15, 0.2) is 24.4 Å². The molecule has 72 valence electrons. The highest BCUT2D eigenvalue weighted by Crippen LogP contribution is 2.11. The van der Waals surface area contributed by atoms with E-state index in [4.69, 9.17) is 18.1 Å². The molecule has 6 heteroatoms. The normalized spacial score (nSPS) is 10.4. The first-order chi connectivity index (χ1) is 6.70. The SMILES string of the molecule is Cn1nc(-c2ccccn2)n(N)c1=S. The predicted octanol–water partition coefficient (Wildman–Crippen LogP) is 0.727. The molecule has 0 radical (unpaired) electrons. The van der Waals surface area contributed by atoms with E-state index in [-0.39, 0.29) is 0 Å². The summed E-state index contributed by atoms with van der Waals surface area (Å²) in [5.41, 5.74) is 0.710. The zero-order valence-corrected chi connectivity index (χ0v) is 8.40. The molecule has 0 atom stereocenters. The van der Waals surface area contributed by atoms with Crippen LogP contribution in [-0.4, -0.2) is 19.4 Å². The van der Waals surface area contributed by atoms with Gasteiger partial charge in [-0.15, -0.1) is 5.10 Å². The molecule has 0 amide bonds. The summed E-state index contributed by atoms with van der Waals surface area (Å²) in [6.45, 7) is 0. The van der Waals surface area contributed by atoms with Crippen LogP contribution in [0.25, 0.3) is 11.5 Å². The molecule has 0 aromatic carbocycles. The third-order valence-electron chi connectivity index (χ3n) is 1.85. The highest BCUT2D eigenvalue weighted by atomic mass is 32.1. The molecule has 2 aromatic rings. The predicted molar refractivity (Wildman–Crippen MR) is 55.4 cm³/mol. The van der Waals surface area contributed by atoms with Crippen molar-refractivity contribution in [2.45, 2.75) is 0 Å². The second-order valence-corrected chi connectivity index (χ2v) is 3.18. The molecular weight excluding hydrogens is 198 g/mol. The Labute approximate surface area is 85.8 Å². The molecule has 2 rings (SSSR count). The number of hydrogen-bond donors (Lipinski definition) is 1. The third-order valence-corrected chi connectivity index (χ3v) is 2.31. The lowest BCUT2D eigenvalue weighted by molar-refractivity contribution is 0.747. The van der Waals surface area contributed by atoms with E-state index >= 15 is 0 Å². The number of hydrogen-bond acceptors (Lipinski definition) is 4. The van der Waals surface area contributed by atoms with Gasteiger partial charge < -0.3 is 5.84 Å². The van der Waals surface area contributed by atoms with Gasteiger partial charge in [0, 0.05) is 13.2 Å². The molecule has 0 aliphatic heterocycles. The topological polar surface area (TPSA) is 61.7 Å². The summed E-state index contributed by atoms with van der Waals surface area (Å²) in [6, 6.07) is 5.54. The van der Waals surface area contributed by atoms with Crippen LogP contribution in [-0.2, 0) is 7.05 Å². The Morgan fingerprint density at radius 1 is 1.43 bits per heavy atom. The average molecular weight is 207 g/mol. The Balaban J connectivity index is 2.64. The van der Waals surface area contributed by atoms with Crippen LogP contribution in [0.5, 0.6) is 0 Å². The van der Waals surface area contributed by atoms with E-state index in [0.29, 0.717) is 16.3 Å². The van der Waals surface area contributed by atoms with Gasteiger partial charge in [-0.1, -0.05) is 6.07 Å². The van der Waals surface area contributed by atoms with Crippen LogP contribution in [0.1, 0.15) is 0 Å². The molecule has 0 unspecified atom stereocenters. The van der Waals surface area contributed by atoms with Gasteiger partial charge >= 0.3 is 0 Å². The summed E-state index contributed by atoms with van der Waals surface area (Å²) in [6.07, 6.45) is 1.69. The van der Waals surface area contributed by atoms with Crippen molar-refractivity contribution in [3.63, 3.8) is 0 Å². The summed E-state index contributed by atoms with van der Waals surface area (Å²) in [7, 11) is 1.75. The minimum Gasteiger partial charge on any atom is -0.335 e. The number of nitrogens with zero attached hydrogens (tertiary/aromatic N) is 4. The number of aryl methyl sites for hydroxylation is 1. The van der Waals surface area contributed by atoms with Crippen LogP contribution in [0, 0.1) is 4.77 Å². The summed E-state index contributed by atoms with van der Waals surface area (Å²) in [4.78, 5) is 4.14. The van der Waals surface area contributed by atoms with Gasteiger partial charge in [0.2, 0.25) is 4.77 Å². The lowest BCUT2D eigenvalue weighted by Gasteiger charge is -1.97. The zero-order valence-electron chi connectivity index (χ0n) is 7.58. The van der Waals surface area contributed by atoms with Gasteiger partial charge in [0.05, 0.1) is 0 Å². The van der Waals surface area contributed by atoms with Crippen LogP contribution < -0.4 is 5.84 Å². The second-order valence-electron chi connectivity index (χ2n) is 2.81. The van der Waals surface area contributed by atoms with Crippen molar-refractivity contribution in [3.05, 3.63) is 29.2 Å². The molecular formula is C8H9N5S. The Morgan fingerprint density at radius 3 is 2.71 bits per heavy atom. The lowest BCUT2D eigenvalue weighted by atomic mass is 10.3. The van der Waals surface area contributed by atoms with Crippen molar-refractivity contribution in [1.29, 1.82) is 0 Å².